The average molecular weight is 286 g/mol. The van der Waals surface area contributed by atoms with E-state index in [1.165, 1.54) is 5.75 Å². The molecule has 3 unspecified atom stereocenters. The summed E-state index contributed by atoms with van der Waals surface area (Å²) in [7, 11) is 0. The van der Waals surface area contributed by atoms with Crippen molar-refractivity contribution in [1.82, 2.24) is 4.90 Å². The molecular formula is C14H26N2O2S. The molecule has 0 spiro atoms. The van der Waals surface area contributed by atoms with Crippen molar-refractivity contribution in [2.45, 2.75) is 44.8 Å². The summed E-state index contributed by atoms with van der Waals surface area (Å²) in [6.07, 6.45) is 4.40. The topological polar surface area (TPSA) is 55.6 Å². The van der Waals surface area contributed by atoms with Crippen LogP contribution >= 0.6 is 11.8 Å². The first kappa shape index (κ1) is 15.1. The lowest BCUT2D eigenvalue weighted by molar-refractivity contribution is -0.139. The molecule has 2 N–H and O–H groups in total. The van der Waals surface area contributed by atoms with Crippen LogP contribution in [0.3, 0.4) is 0 Å². The third-order valence-electron chi connectivity index (χ3n) is 4.18. The molecule has 0 aromatic heterocycles. The van der Waals surface area contributed by atoms with Crippen molar-refractivity contribution in [2.24, 2.45) is 11.7 Å². The maximum atomic E-state index is 12.7. The van der Waals surface area contributed by atoms with Gasteiger partial charge in [-0.15, -0.1) is 0 Å². The largest absolute Gasteiger partial charge is 0.376 e. The molecule has 2 aliphatic heterocycles. The fourth-order valence-corrected chi connectivity index (χ4v) is 4.10. The first-order chi connectivity index (χ1) is 9.26. The van der Waals surface area contributed by atoms with Crippen molar-refractivity contribution in [3.63, 3.8) is 0 Å². The van der Waals surface area contributed by atoms with Gasteiger partial charge < -0.3 is 15.4 Å². The smallest absolute Gasteiger partial charge is 0.227 e. The van der Waals surface area contributed by atoms with E-state index in [4.69, 9.17) is 10.5 Å². The lowest BCUT2D eigenvalue weighted by atomic mass is 10.0. The van der Waals surface area contributed by atoms with Crippen LogP contribution in [0.4, 0.5) is 0 Å². The van der Waals surface area contributed by atoms with Crippen LogP contribution in [0.1, 0.15) is 32.6 Å². The van der Waals surface area contributed by atoms with Gasteiger partial charge in [0, 0.05) is 31.5 Å². The molecule has 2 aliphatic rings. The lowest BCUT2D eigenvalue weighted by Crippen LogP contribution is -2.48. The van der Waals surface area contributed by atoms with E-state index >= 15 is 0 Å². The minimum Gasteiger partial charge on any atom is -0.376 e. The van der Waals surface area contributed by atoms with E-state index in [0.29, 0.717) is 12.6 Å². The Bertz CT molecular complexity index is 285. The van der Waals surface area contributed by atoms with Crippen molar-refractivity contribution in [3.8, 4) is 0 Å². The van der Waals surface area contributed by atoms with Gasteiger partial charge in [-0.2, -0.15) is 11.8 Å². The van der Waals surface area contributed by atoms with E-state index < -0.39 is 0 Å². The zero-order valence-electron chi connectivity index (χ0n) is 11.8. The Labute approximate surface area is 120 Å². The molecule has 2 rings (SSSR count). The molecule has 19 heavy (non-hydrogen) atoms. The number of ether oxygens (including phenoxy) is 1. The van der Waals surface area contributed by atoms with Gasteiger partial charge in [0.25, 0.3) is 0 Å². The van der Waals surface area contributed by atoms with Crippen LogP contribution in [0.15, 0.2) is 0 Å². The van der Waals surface area contributed by atoms with E-state index in [1.807, 2.05) is 18.7 Å². The molecule has 2 saturated heterocycles. The number of carbonyl (C=O) groups excluding carboxylic acids is 1. The Morgan fingerprint density at radius 3 is 2.89 bits per heavy atom. The normalized spacial score (nSPS) is 28.5. The lowest BCUT2D eigenvalue weighted by Gasteiger charge is -2.33. The van der Waals surface area contributed by atoms with Gasteiger partial charge in [-0.1, -0.05) is 6.92 Å². The number of thioether (sulfide) groups is 1. The van der Waals surface area contributed by atoms with Gasteiger partial charge in [-0.25, -0.2) is 0 Å². The summed E-state index contributed by atoms with van der Waals surface area (Å²) >= 11 is 1.95. The fraction of sp³-hybridized carbons (Fsp3) is 0.929. The van der Waals surface area contributed by atoms with Gasteiger partial charge in [0.1, 0.15) is 0 Å². The Hall–Kier alpha value is -0.260. The summed E-state index contributed by atoms with van der Waals surface area (Å²) in [5, 5.41) is 0. The second-order valence-corrected chi connectivity index (χ2v) is 6.63. The number of nitrogens with two attached hydrogens (primary N) is 1. The summed E-state index contributed by atoms with van der Waals surface area (Å²) in [5.74, 6) is 2.46. The highest BCUT2D eigenvalue weighted by Gasteiger charge is 2.33. The van der Waals surface area contributed by atoms with Gasteiger partial charge in [0.2, 0.25) is 5.91 Å². The first-order valence-corrected chi connectivity index (χ1v) is 8.61. The third kappa shape index (κ3) is 3.86. The highest BCUT2D eigenvalue weighted by molar-refractivity contribution is 7.99. The molecule has 2 fully saturated rings. The summed E-state index contributed by atoms with van der Waals surface area (Å²) in [6.45, 7) is 4.11. The van der Waals surface area contributed by atoms with Gasteiger partial charge in [-0.3, -0.25) is 4.79 Å². The highest BCUT2D eigenvalue weighted by atomic mass is 32.2. The number of nitrogens with zero attached hydrogens (tertiary/aromatic N) is 1. The van der Waals surface area contributed by atoms with Gasteiger partial charge in [0.05, 0.1) is 12.0 Å². The quantitative estimate of drug-likeness (QED) is 0.803. The predicted octanol–water partition coefficient (Wildman–Crippen LogP) is 1.48. The van der Waals surface area contributed by atoms with Crippen molar-refractivity contribution in [1.29, 1.82) is 0 Å². The monoisotopic (exact) mass is 286 g/mol. The minimum atomic E-state index is -0.0213. The average Bonchev–Trinajstić information content (AvgIpc) is 3.10. The summed E-state index contributed by atoms with van der Waals surface area (Å²) in [5.41, 5.74) is 5.74. The zero-order valence-corrected chi connectivity index (χ0v) is 12.7. The van der Waals surface area contributed by atoms with Crippen LogP contribution in [0.2, 0.25) is 0 Å². The zero-order chi connectivity index (χ0) is 13.7. The molecule has 5 heteroatoms. The molecule has 4 nitrogen and oxygen atoms in total. The summed E-state index contributed by atoms with van der Waals surface area (Å²) in [4.78, 5) is 14.7. The van der Waals surface area contributed by atoms with E-state index in [9.17, 15) is 4.79 Å². The fourth-order valence-electron chi connectivity index (χ4n) is 2.87. The molecule has 3 atom stereocenters. The number of carbonyl (C=O) groups is 1. The molecule has 0 aromatic rings. The summed E-state index contributed by atoms with van der Waals surface area (Å²) in [6, 6.07) is 0.391. The van der Waals surface area contributed by atoms with Crippen molar-refractivity contribution in [3.05, 3.63) is 0 Å². The SMILES string of the molecule is CCC(CN)C(=O)N(CC1CCCO1)C1CCSC1. The van der Waals surface area contributed by atoms with Gasteiger partial charge in [0.15, 0.2) is 0 Å². The van der Waals surface area contributed by atoms with Crippen molar-refractivity contribution in [2.75, 3.05) is 31.2 Å². The van der Waals surface area contributed by atoms with Crippen LogP contribution in [0.5, 0.6) is 0 Å². The Morgan fingerprint density at radius 2 is 2.37 bits per heavy atom. The molecule has 0 radical (unpaired) electrons. The molecule has 0 bridgehead atoms. The number of amides is 1. The Morgan fingerprint density at radius 1 is 1.53 bits per heavy atom. The van der Waals surface area contributed by atoms with Crippen LogP contribution in [0, 0.1) is 5.92 Å². The molecule has 0 aromatic carbocycles. The maximum absolute atomic E-state index is 12.7. The van der Waals surface area contributed by atoms with E-state index in [2.05, 4.69) is 4.90 Å². The van der Waals surface area contributed by atoms with E-state index in [1.54, 1.807) is 0 Å². The summed E-state index contributed by atoms with van der Waals surface area (Å²) < 4.78 is 5.71. The van der Waals surface area contributed by atoms with Crippen LogP contribution in [0.25, 0.3) is 0 Å². The molecule has 0 saturated carbocycles. The Kier molecular flexibility index (Phi) is 5.98. The van der Waals surface area contributed by atoms with Crippen LogP contribution in [-0.2, 0) is 9.53 Å². The van der Waals surface area contributed by atoms with E-state index in [0.717, 1.165) is 44.6 Å². The molecule has 110 valence electrons. The molecule has 1 amide bonds. The molecular weight excluding hydrogens is 260 g/mol. The van der Waals surface area contributed by atoms with Crippen molar-refractivity contribution >= 4 is 17.7 Å². The minimum absolute atomic E-state index is 0.0213. The third-order valence-corrected chi connectivity index (χ3v) is 5.33. The van der Waals surface area contributed by atoms with E-state index in [-0.39, 0.29) is 17.9 Å². The standard InChI is InChI=1S/C14H26N2O2S/c1-2-11(8-15)14(17)16(12-5-7-19-10-12)9-13-4-3-6-18-13/h11-13H,2-10,15H2,1H3. The van der Waals surface area contributed by atoms with Crippen LogP contribution < -0.4 is 5.73 Å². The second kappa shape index (κ2) is 7.50. The van der Waals surface area contributed by atoms with Gasteiger partial charge in [-0.05, 0) is 31.4 Å². The highest BCUT2D eigenvalue weighted by Crippen LogP contribution is 2.26. The number of hydrogen-bond acceptors (Lipinski definition) is 4. The number of hydrogen-bond donors (Lipinski definition) is 1. The second-order valence-electron chi connectivity index (χ2n) is 5.48. The number of rotatable bonds is 6. The van der Waals surface area contributed by atoms with Crippen LogP contribution in [-0.4, -0.2) is 54.2 Å². The predicted molar refractivity (Wildman–Crippen MR) is 79.3 cm³/mol. The maximum Gasteiger partial charge on any atom is 0.227 e. The van der Waals surface area contributed by atoms with Gasteiger partial charge >= 0.3 is 0 Å². The molecule has 2 heterocycles. The van der Waals surface area contributed by atoms with Crippen molar-refractivity contribution < 1.29 is 9.53 Å². The Balaban J connectivity index is 2.01. The first-order valence-electron chi connectivity index (χ1n) is 7.46. The molecule has 0 aliphatic carbocycles.